The maximum Gasteiger partial charge on any atom is 0.329 e. The first kappa shape index (κ1) is 19.6. The number of carbonyl (C=O) groups excluding carboxylic acids is 1. The highest BCUT2D eigenvalue weighted by molar-refractivity contribution is 6.06. The van der Waals surface area contributed by atoms with Gasteiger partial charge in [-0.15, -0.1) is 0 Å². The van der Waals surface area contributed by atoms with Gasteiger partial charge in [0, 0.05) is 11.9 Å². The summed E-state index contributed by atoms with van der Waals surface area (Å²) in [4.78, 5) is 37.1. The average molecular weight is 359 g/mol. The molecule has 1 aromatic heterocycles. The van der Waals surface area contributed by atoms with Crippen LogP contribution in [0, 0.1) is 5.92 Å². The lowest BCUT2D eigenvalue weighted by molar-refractivity contribution is -0.144. The third kappa shape index (κ3) is 3.92. The molecule has 0 fully saturated rings. The van der Waals surface area contributed by atoms with Crippen molar-refractivity contribution < 1.29 is 14.7 Å². The number of rotatable bonds is 7. The van der Waals surface area contributed by atoms with Gasteiger partial charge in [0.25, 0.3) is 11.5 Å². The minimum Gasteiger partial charge on any atom is -0.480 e. The van der Waals surface area contributed by atoms with Crippen LogP contribution >= 0.6 is 0 Å². The highest BCUT2D eigenvalue weighted by Gasteiger charge is 2.35. The van der Waals surface area contributed by atoms with Gasteiger partial charge in [-0.05, 0) is 25.3 Å². The van der Waals surface area contributed by atoms with Crippen molar-refractivity contribution in [3.63, 3.8) is 0 Å². The van der Waals surface area contributed by atoms with E-state index in [1.807, 2.05) is 20.8 Å². The van der Waals surface area contributed by atoms with Crippen molar-refractivity contribution in [2.24, 2.45) is 5.92 Å². The van der Waals surface area contributed by atoms with E-state index < -0.39 is 17.4 Å². The standard InChI is InChI=1S/C19H25N3O4/c1-5-10-19(4,18(25)26)20-16(23)15-13-8-6-7-9-14(13)17(24)22(21-15)11-12(2)3/h6-9,12H,5,10-11H2,1-4H3,(H,20,23)(H,25,26). The van der Waals surface area contributed by atoms with Gasteiger partial charge in [-0.1, -0.05) is 45.4 Å². The fourth-order valence-corrected chi connectivity index (χ4v) is 2.91. The van der Waals surface area contributed by atoms with Crippen LogP contribution in [-0.2, 0) is 11.3 Å². The average Bonchev–Trinajstić information content (AvgIpc) is 2.57. The van der Waals surface area contributed by atoms with E-state index in [0.29, 0.717) is 23.7 Å². The van der Waals surface area contributed by atoms with Crippen molar-refractivity contribution in [2.75, 3.05) is 0 Å². The Balaban J connectivity index is 2.57. The smallest absolute Gasteiger partial charge is 0.329 e. The summed E-state index contributed by atoms with van der Waals surface area (Å²) < 4.78 is 1.28. The van der Waals surface area contributed by atoms with Crippen LogP contribution in [0.3, 0.4) is 0 Å². The monoisotopic (exact) mass is 359 g/mol. The van der Waals surface area contributed by atoms with Gasteiger partial charge in [0.1, 0.15) is 5.54 Å². The summed E-state index contributed by atoms with van der Waals surface area (Å²) >= 11 is 0. The lowest BCUT2D eigenvalue weighted by Crippen LogP contribution is -2.52. The number of carbonyl (C=O) groups is 2. The Labute approximate surface area is 152 Å². The molecule has 1 heterocycles. The number of nitrogens with one attached hydrogen (secondary N) is 1. The molecule has 1 unspecified atom stereocenters. The molecule has 7 heteroatoms. The zero-order chi connectivity index (χ0) is 19.5. The van der Waals surface area contributed by atoms with Crippen LogP contribution in [-0.4, -0.2) is 32.3 Å². The molecule has 1 atom stereocenters. The second kappa shape index (κ2) is 7.68. The Bertz CT molecular complexity index is 888. The summed E-state index contributed by atoms with van der Waals surface area (Å²) in [6, 6.07) is 6.74. The van der Waals surface area contributed by atoms with Crippen LogP contribution in [0.1, 0.15) is 51.0 Å². The zero-order valence-corrected chi connectivity index (χ0v) is 15.6. The van der Waals surface area contributed by atoms with Crippen LogP contribution in [0.5, 0.6) is 0 Å². The maximum absolute atomic E-state index is 12.9. The second-order valence-corrected chi connectivity index (χ2v) is 7.12. The van der Waals surface area contributed by atoms with Crippen LogP contribution in [0.25, 0.3) is 10.8 Å². The second-order valence-electron chi connectivity index (χ2n) is 7.12. The number of hydrogen-bond acceptors (Lipinski definition) is 4. The van der Waals surface area contributed by atoms with E-state index in [0.717, 1.165) is 0 Å². The third-order valence-electron chi connectivity index (χ3n) is 4.23. The van der Waals surface area contributed by atoms with E-state index in [1.165, 1.54) is 11.6 Å². The molecule has 2 N–H and O–H groups in total. The van der Waals surface area contributed by atoms with Crippen LogP contribution < -0.4 is 10.9 Å². The number of fused-ring (bicyclic) bond motifs is 1. The highest BCUT2D eigenvalue weighted by atomic mass is 16.4. The number of carboxylic acids is 1. The summed E-state index contributed by atoms with van der Waals surface area (Å²) in [6.45, 7) is 7.60. The number of benzene rings is 1. The van der Waals surface area contributed by atoms with Gasteiger partial charge in [-0.3, -0.25) is 9.59 Å². The van der Waals surface area contributed by atoms with E-state index >= 15 is 0 Å². The van der Waals surface area contributed by atoms with E-state index in [4.69, 9.17) is 0 Å². The SMILES string of the molecule is CCCC(C)(NC(=O)c1nn(CC(C)C)c(=O)c2ccccc12)C(=O)O. The van der Waals surface area contributed by atoms with Gasteiger partial charge in [0.15, 0.2) is 5.69 Å². The maximum atomic E-state index is 12.9. The molecule has 1 aromatic carbocycles. The number of nitrogens with zero attached hydrogens (tertiary/aromatic N) is 2. The van der Waals surface area contributed by atoms with Gasteiger partial charge in [0.05, 0.1) is 5.39 Å². The van der Waals surface area contributed by atoms with Gasteiger partial charge < -0.3 is 10.4 Å². The van der Waals surface area contributed by atoms with Crippen molar-refractivity contribution in [3.05, 3.63) is 40.3 Å². The Morgan fingerprint density at radius 3 is 2.42 bits per heavy atom. The van der Waals surface area contributed by atoms with Gasteiger partial charge in [-0.25, -0.2) is 9.48 Å². The lowest BCUT2D eigenvalue weighted by Gasteiger charge is -2.26. The summed E-state index contributed by atoms with van der Waals surface area (Å²) in [6.07, 6.45) is 0.891. The fourth-order valence-electron chi connectivity index (χ4n) is 2.91. The quantitative estimate of drug-likeness (QED) is 0.790. The molecule has 2 rings (SSSR count). The van der Waals surface area contributed by atoms with Crippen LogP contribution in [0.15, 0.2) is 29.1 Å². The normalized spacial score (nSPS) is 13.6. The molecule has 0 bridgehead atoms. The van der Waals surface area contributed by atoms with Crippen molar-refractivity contribution >= 4 is 22.6 Å². The Morgan fingerprint density at radius 2 is 1.88 bits per heavy atom. The first-order valence-corrected chi connectivity index (χ1v) is 8.75. The molecule has 140 valence electrons. The van der Waals surface area contributed by atoms with Gasteiger partial charge in [0.2, 0.25) is 0 Å². The minimum atomic E-state index is -1.40. The first-order valence-electron chi connectivity index (χ1n) is 8.75. The topological polar surface area (TPSA) is 101 Å². The molecule has 0 aliphatic carbocycles. The number of aromatic nitrogens is 2. The van der Waals surface area contributed by atoms with Crippen LogP contribution in [0.2, 0.25) is 0 Å². The van der Waals surface area contributed by atoms with E-state index in [1.54, 1.807) is 24.3 Å². The highest BCUT2D eigenvalue weighted by Crippen LogP contribution is 2.17. The van der Waals surface area contributed by atoms with Crippen molar-refractivity contribution in [1.82, 2.24) is 15.1 Å². The number of hydrogen-bond donors (Lipinski definition) is 2. The fraction of sp³-hybridized carbons (Fsp3) is 0.474. The molecule has 0 aliphatic heterocycles. The van der Waals surface area contributed by atoms with E-state index in [2.05, 4.69) is 10.4 Å². The number of aliphatic carboxylic acids is 1. The third-order valence-corrected chi connectivity index (χ3v) is 4.23. The zero-order valence-electron chi connectivity index (χ0n) is 15.6. The Kier molecular flexibility index (Phi) is 5.79. The molecule has 0 saturated heterocycles. The molecular weight excluding hydrogens is 334 g/mol. The predicted molar refractivity (Wildman–Crippen MR) is 99.3 cm³/mol. The number of carboxylic acid groups (broad SMARTS) is 1. The van der Waals surface area contributed by atoms with Crippen LogP contribution in [0.4, 0.5) is 0 Å². The molecule has 0 radical (unpaired) electrons. The number of amides is 1. The van der Waals surface area contributed by atoms with Crippen molar-refractivity contribution in [1.29, 1.82) is 0 Å². The molecule has 2 aromatic rings. The molecule has 1 amide bonds. The largest absolute Gasteiger partial charge is 0.480 e. The molecule has 0 aliphatic rings. The summed E-state index contributed by atoms with van der Waals surface area (Å²) in [5.74, 6) is -1.54. The molecule has 7 nitrogen and oxygen atoms in total. The molecule has 26 heavy (non-hydrogen) atoms. The van der Waals surface area contributed by atoms with E-state index in [-0.39, 0.29) is 23.6 Å². The van der Waals surface area contributed by atoms with Gasteiger partial charge >= 0.3 is 5.97 Å². The summed E-state index contributed by atoms with van der Waals surface area (Å²) in [5, 5.41) is 17.1. The van der Waals surface area contributed by atoms with Crippen molar-refractivity contribution in [3.8, 4) is 0 Å². The summed E-state index contributed by atoms with van der Waals surface area (Å²) in [7, 11) is 0. The molecule has 0 spiro atoms. The molecular formula is C19H25N3O4. The van der Waals surface area contributed by atoms with Crippen molar-refractivity contribution in [2.45, 2.75) is 52.6 Å². The lowest BCUT2D eigenvalue weighted by atomic mass is 9.96. The summed E-state index contributed by atoms with van der Waals surface area (Å²) in [5.41, 5.74) is -1.60. The Hall–Kier alpha value is -2.70. The minimum absolute atomic E-state index is 0.0597. The Morgan fingerprint density at radius 1 is 1.27 bits per heavy atom. The van der Waals surface area contributed by atoms with Gasteiger partial charge in [-0.2, -0.15) is 5.10 Å². The first-order chi connectivity index (χ1) is 12.2. The molecule has 0 saturated carbocycles. The van der Waals surface area contributed by atoms with E-state index in [9.17, 15) is 19.5 Å². The predicted octanol–water partition coefficient (Wildman–Crippen LogP) is 2.43.